The summed E-state index contributed by atoms with van der Waals surface area (Å²) in [4.78, 5) is 13.1. The molecule has 1 aromatic carbocycles. The molecule has 3 atom stereocenters. The van der Waals surface area contributed by atoms with Gasteiger partial charge < -0.3 is 23.7 Å². The average Bonchev–Trinajstić information content (AvgIpc) is 2.76. The molecule has 0 radical (unpaired) electrons. The molecule has 30 heavy (non-hydrogen) atoms. The first-order valence-corrected chi connectivity index (χ1v) is 10.2. The highest BCUT2D eigenvalue weighted by atomic mass is 16.5. The second kappa shape index (κ2) is 9.84. The maximum atomic E-state index is 13.1. The topological polar surface area (TPSA) is 63.2 Å². The van der Waals surface area contributed by atoms with Gasteiger partial charge in [0.05, 0.1) is 39.0 Å². The Hall–Kier alpha value is -2.05. The van der Waals surface area contributed by atoms with Gasteiger partial charge in [0.2, 0.25) is 0 Å². The zero-order chi connectivity index (χ0) is 22.5. The molecular weight excluding hydrogens is 384 g/mol. The maximum Gasteiger partial charge on any atom is 0.316 e. The van der Waals surface area contributed by atoms with Gasteiger partial charge in [-0.3, -0.25) is 4.79 Å². The predicted octanol–water partition coefficient (Wildman–Crippen LogP) is 4.30. The summed E-state index contributed by atoms with van der Waals surface area (Å²) in [5.74, 6) is 0.968. The van der Waals surface area contributed by atoms with Crippen molar-refractivity contribution in [3.05, 3.63) is 35.4 Å². The summed E-state index contributed by atoms with van der Waals surface area (Å²) in [6, 6.07) is 5.55. The highest BCUT2D eigenvalue weighted by Gasteiger charge is 2.44. The number of carbonyl (C=O) groups excluding carboxylic acids is 1. The molecule has 0 saturated heterocycles. The number of esters is 1. The van der Waals surface area contributed by atoms with Crippen LogP contribution in [0.25, 0.3) is 0 Å². The van der Waals surface area contributed by atoms with Crippen LogP contribution in [0.4, 0.5) is 0 Å². The molecule has 0 heterocycles. The van der Waals surface area contributed by atoms with Crippen LogP contribution >= 0.6 is 0 Å². The summed E-state index contributed by atoms with van der Waals surface area (Å²) in [6.45, 7) is 6.23. The molecule has 1 aliphatic carbocycles. The maximum absolute atomic E-state index is 13.1. The van der Waals surface area contributed by atoms with Crippen LogP contribution in [0.15, 0.2) is 29.8 Å². The van der Waals surface area contributed by atoms with Gasteiger partial charge in [-0.2, -0.15) is 0 Å². The fraction of sp³-hybridized carbons (Fsp3) is 0.625. The molecule has 0 fully saturated rings. The molecule has 0 bridgehead atoms. The summed E-state index contributed by atoms with van der Waals surface area (Å²) in [7, 11) is 8.06. The fourth-order valence-corrected chi connectivity index (χ4v) is 4.43. The molecule has 0 aromatic heterocycles. The van der Waals surface area contributed by atoms with Crippen LogP contribution in [0.2, 0.25) is 0 Å². The molecule has 168 valence electrons. The Morgan fingerprint density at radius 3 is 2.03 bits per heavy atom. The van der Waals surface area contributed by atoms with E-state index in [9.17, 15) is 4.79 Å². The lowest BCUT2D eigenvalue weighted by Crippen LogP contribution is -2.40. The average molecular weight is 421 g/mol. The number of benzene rings is 1. The van der Waals surface area contributed by atoms with E-state index < -0.39 is 5.41 Å². The van der Waals surface area contributed by atoms with Crippen molar-refractivity contribution < 1.29 is 28.5 Å². The van der Waals surface area contributed by atoms with Gasteiger partial charge in [-0.1, -0.05) is 25.5 Å². The van der Waals surface area contributed by atoms with Crippen LogP contribution in [-0.2, 0) is 24.4 Å². The summed E-state index contributed by atoms with van der Waals surface area (Å²) >= 11 is 0. The number of methoxy groups -OCH3 is 5. The van der Waals surface area contributed by atoms with E-state index in [1.165, 1.54) is 12.7 Å². The molecule has 0 saturated carbocycles. The fourth-order valence-electron chi connectivity index (χ4n) is 4.43. The van der Waals surface area contributed by atoms with Gasteiger partial charge in [0.1, 0.15) is 11.5 Å². The minimum Gasteiger partial charge on any atom is -0.497 e. The Bertz CT molecular complexity index is 747. The van der Waals surface area contributed by atoms with Crippen LogP contribution in [0.1, 0.15) is 45.6 Å². The summed E-state index contributed by atoms with van der Waals surface area (Å²) in [6.07, 6.45) is 4.45. The Balaban J connectivity index is 2.49. The van der Waals surface area contributed by atoms with Gasteiger partial charge in [0.25, 0.3) is 0 Å². The molecule has 0 aliphatic heterocycles. The van der Waals surface area contributed by atoms with Gasteiger partial charge in [0, 0.05) is 26.7 Å². The molecule has 2 rings (SSSR count). The smallest absolute Gasteiger partial charge is 0.316 e. The molecule has 6 nitrogen and oxygen atoms in total. The molecular formula is C24H36O6. The number of hydrogen-bond donors (Lipinski definition) is 0. The van der Waals surface area contributed by atoms with E-state index in [0.29, 0.717) is 17.9 Å². The van der Waals surface area contributed by atoms with E-state index in [1.807, 2.05) is 19.1 Å². The van der Waals surface area contributed by atoms with E-state index in [1.54, 1.807) is 34.5 Å². The lowest BCUT2D eigenvalue weighted by Gasteiger charge is -2.40. The number of carbonyl (C=O) groups is 1. The highest BCUT2D eigenvalue weighted by molar-refractivity contribution is 5.83. The minimum absolute atomic E-state index is 0.000675. The molecule has 1 aromatic rings. The third-order valence-corrected chi connectivity index (χ3v) is 6.26. The third kappa shape index (κ3) is 5.16. The van der Waals surface area contributed by atoms with Crippen molar-refractivity contribution in [2.45, 2.75) is 57.7 Å². The van der Waals surface area contributed by atoms with Crippen molar-refractivity contribution in [3.8, 4) is 11.5 Å². The third-order valence-electron chi connectivity index (χ3n) is 6.26. The standard InChI is InChI=1S/C24H36O6/c1-23(2,16-9-18(26-4)13-19(10-16)27-5)15-24(3,22(25)30-8)17-11-20(28-6)14-21(12-17)29-7/h9,11-12,14,18-19H,10,13,15H2,1-8H3. The first-order valence-electron chi connectivity index (χ1n) is 10.2. The monoisotopic (exact) mass is 420 g/mol. The predicted molar refractivity (Wildman–Crippen MR) is 116 cm³/mol. The highest BCUT2D eigenvalue weighted by Crippen LogP contribution is 2.46. The van der Waals surface area contributed by atoms with Crippen LogP contribution in [0.3, 0.4) is 0 Å². The lowest BCUT2D eigenvalue weighted by atomic mass is 9.65. The molecule has 0 amide bonds. The van der Waals surface area contributed by atoms with E-state index in [2.05, 4.69) is 19.9 Å². The van der Waals surface area contributed by atoms with Crippen molar-refractivity contribution >= 4 is 5.97 Å². The lowest BCUT2D eigenvalue weighted by molar-refractivity contribution is -0.148. The normalized spacial score (nSPS) is 21.4. The summed E-state index contributed by atoms with van der Waals surface area (Å²) < 4.78 is 27.4. The van der Waals surface area contributed by atoms with Crippen LogP contribution < -0.4 is 9.47 Å². The second-order valence-corrected chi connectivity index (χ2v) is 8.75. The van der Waals surface area contributed by atoms with Crippen LogP contribution in [0.5, 0.6) is 11.5 Å². The van der Waals surface area contributed by atoms with Gasteiger partial charge >= 0.3 is 5.97 Å². The Morgan fingerprint density at radius 2 is 1.57 bits per heavy atom. The van der Waals surface area contributed by atoms with Gasteiger partial charge in [0.15, 0.2) is 0 Å². The number of rotatable bonds is 9. The number of ether oxygens (including phenoxy) is 5. The second-order valence-electron chi connectivity index (χ2n) is 8.75. The largest absolute Gasteiger partial charge is 0.497 e. The van der Waals surface area contributed by atoms with Crippen molar-refractivity contribution in [2.75, 3.05) is 35.5 Å². The van der Waals surface area contributed by atoms with Gasteiger partial charge in [-0.05, 0) is 42.9 Å². The number of hydrogen-bond acceptors (Lipinski definition) is 6. The summed E-state index contributed by atoms with van der Waals surface area (Å²) in [5, 5.41) is 0. The van der Waals surface area contributed by atoms with Gasteiger partial charge in [-0.15, -0.1) is 0 Å². The van der Waals surface area contributed by atoms with Crippen molar-refractivity contribution in [1.82, 2.24) is 0 Å². The quantitative estimate of drug-likeness (QED) is 0.438. The van der Waals surface area contributed by atoms with Crippen LogP contribution in [0, 0.1) is 5.41 Å². The van der Waals surface area contributed by atoms with E-state index in [-0.39, 0.29) is 23.6 Å². The zero-order valence-corrected chi connectivity index (χ0v) is 19.5. The van der Waals surface area contributed by atoms with Crippen molar-refractivity contribution in [1.29, 1.82) is 0 Å². The molecule has 0 spiro atoms. The van der Waals surface area contributed by atoms with Crippen molar-refractivity contribution in [3.63, 3.8) is 0 Å². The van der Waals surface area contributed by atoms with Crippen molar-refractivity contribution in [2.24, 2.45) is 5.41 Å². The summed E-state index contributed by atoms with van der Waals surface area (Å²) in [5.41, 5.74) is 0.815. The molecule has 1 aliphatic rings. The first-order chi connectivity index (χ1) is 14.1. The Morgan fingerprint density at radius 1 is 0.967 bits per heavy atom. The van der Waals surface area contributed by atoms with E-state index in [0.717, 1.165) is 18.4 Å². The molecule has 6 heteroatoms. The zero-order valence-electron chi connectivity index (χ0n) is 19.5. The Labute approximate surface area is 180 Å². The van der Waals surface area contributed by atoms with Crippen LogP contribution in [-0.4, -0.2) is 53.7 Å². The Kier molecular flexibility index (Phi) is 7.94. The van der Waals surface area contributed by atoms with E-state index >= 15 is 0 Å². The first kappa shape index (κ1) is 24.2. The van der Waals surface area contributed by atoms with Gasteiger partial charge in [-0.25, -0.2) is 0 Å². The van der Waals surface area contributed by atoms with E-state index in [4.69, 9.17) is 23.7 Å². The molecule has 3 unspecified atom stereocenters. The minimum atomic E-state index is -0.899. The molecule has 0 N–H and O–H groups in total. The SMILES string of the molecule is COC(=O)C(C)(CC(C)(C)C1=CC(OC)CC(OC)C1)c1cc(OC)cc(OC)c1.